The minimum atomic E-state index is -3.44. The van der Waals surface area contributed by atoms with Gasteiger partial charge in [0.1, 0.15) is 0 Å². The van der Waals surface area contributed by atoms with Gasteiger partial charge in [0.05, 0.1) is 15.6 Å². The Labute approximate surface area is 104 Å². The molecule has 92 valence electrons. The van der Waals surface area contributed by atoms with Crippen molar-refractivity contribution in [2.75, 3.05) is 11.6 Å². The monoisotopic (exact) mass is 275 g/mol. The highest BCUT2D eigenvalue weighted by atomic mass is 35.5. The zero-order valence-electron chi connectivity index (χ0n) is 8.74. The molecule has 0 amide bonds. The van der Waals surface area contributed by atoms with Crippen LogP contribution in [-0.4, -0.2) is 25.0 Å². The summed E-state index contributed by atoms with van der Waals surface area (Å²) in [5.41, 5.74) is -0.139. The van der Waals surface area contributed by atoms with E-state index in [-0.39, 0.29) is 22.2 Å². The standard InChI is InChI=1S/C10H10ClNO4S/c11-7-1-2-8-17(15,16)10-5-3-9(4-6-10)12(13)14/h1-6H,7-8H2/b2-1+. The van der Waals surface area contributed by atoms with Crippen molar-refractivity contribution in [3.63, 3.8) is 0 Å². The summed E-state index contributed by atoms with van der Waals surface area (Å²) in [6.07, 6.45) is 2.98. The zero-order valence-corrected chi connectivity index (χ0v) is 10.3. The van der Waals surface area contributed by atoms with E-state index in [2.05, 4.69) is 0 Å². The number of sulfone groups is 1. The van der Waals surface area contributed by atoms with Crippen LogP contribution < -0.4 is 0 Å². The molecule has 1 rings (SSSR count). The zero-order chi connectivity index (χ0) is 12.9. The van der Waals surface area contributed by atoms with Crippen molar-refractivity contribution < 1.29 is 13.3 Å². The molecule has 7 heteroatoms. The third-order valence-electron chi connectivity index (χ3n) is 1.98. The van der Waals surface area contributed by atoms with Crippen molar-refractivity contribution in [1.29, 1.82) is 0 Å². The molecule has 0 bridgehead atoms. The number of benzene rings is 1. The van der Waals surface area contributed by atoms with Gasteiger partial charge in [0.25, 0.3) is 5.69 Å². The molecule has 0 aliphatic rings. The molecule has 0 aliphatic carbocycles. The quantitative estimate of drug-likeness (QED) is 0.357. The molecule has 17 heavy (non-hydrogen) atoms. The number of halogens is 1. The van der Waals surface area contributed by atoms with Crippen LogP contribution >= 0.6 is 11.6 Å². The Morgan fingerprint density at radius 3 is 2.29 bits per heavy atom. The first-order valence-electron chi connectivity index (χ1n) is 4.65. The first-order chi connectivity index (χ1) is 7.97. The average molecular weight is 276 g/mol. The number of nitro benzene ring substituents is 1. The Kier molecular flexibility index (Phi) is 4.65. The SMILES string of the molecule is O=[N+]([O-])c1ccc(S(=O)(=O)C/C=C/CCl)cc1. The number of nitro groups is 1. The van der Waals surface area contributed by atoms with Crippen molar-refractivity contribution in [1.82, 2.24) is 0 Å². The lowest BCUT2D eigenvalue weighted by atomic mass is 10.3. The predicted octanol–water partition coefficient (Wildman–Crippen LogP) is 2.16. The second-order valence-corrected chi connectivity index (χ2v) is 5.50. The van der Waals surface area contributed by atoms with Crippen LogP contribution in [0.3, 0.4) is 0 Å². The van der Waals surface area contributed by atoms with Gasteiger partial charge in [0.15, 0.2) is 9.84 Å². The average Bonchev–Trinajstić information content (AvgIpc) is 2.29. The molecule has 0 radical (unpaired) electrons. The highest BCUT2D eigenvalue weighted by Crippen LogP contribution is 2.16. The fourth-order valence-electron chi connectivity index (χ4n) is 1.13. The molecule has 1 aromatic rings. The van der Waals surface area contributed by atoms with Crippen LogP contribution in [0.15, 0.2) is 41.3 Å². The summed E-state index contributed by atoms with van der Waals surface area (Å²) in [6, 6.07) is 4.78. The fourth-order valence-corrected chi connectivity index (χ4v) is 2.39. The smallest absolute Gasteiger partial charge is 0.258 e. The van der Waals surface area contributed by atoms with E-state index in [4.69, 9.17) is 11.6 Å². The summed E-state index contributed by atoms with van der Waals surface area (Å²) in [7, 11) is -3.44. The van der Waals surface area contributed by atoms with Crippen LogP contribution in [-0.2, 0) is 9.84 Å². The van der Waals surface area contributed by atoms with Crippen molar-refractivity contribution in [2.24, 2.45) is 0 Å². The molecule has 0 spiro atoms. The molecule has 0 heterocycles. The highest BCUT2D eigenvalue weighted by Gasteiger charge is 2.14. The molecule has 0 unspecified atom stereocenters. The van der Waals surface area contributed by atoms with E-state index in [0.717, 1.165) is 12.1 Å². The summed E-state index contributed by atoms with van der Waals surface area (Å²) < 4.78 is 23.4. The Balaban J connectivity index is 2.92. The molecule has 0 atom stereocenters. The van der Waals surface area contributed by atoms with Gasteiger partial charge < -0.3 is 0 Å². The van der Waals surface area contributed by atoms with Crippen molar-refractivity contribution in [3.8, 4) is 0 Å². The van der Waals surface area contributed by atoms with E-state index in [9.17, 15) is 18.5 Å². The van der Waals surface area contributed by atoms with Gasteiger partial charge in [-0.15, -0.1) is 11.6 Å². The summed E-state index contributed by atoms with van der Waals surface area (Å²) in [5, 5.41) is 10.4. The van der Waals surface area contributed by atoms with E-state index in [0.29, 0.717) is 0 Å². The van der Waals surface area contributed by atoms with E-state index in [1.807, 2.05) is 0 Å². The fraction of sp³-hybridized carbons (Fsp3) is 0.200. The largest absolute Gasteiger partial charge is 0.269 e. The second-order valence-electron chi connectivity index (χ2n) is 3.16. The number of alkyl halides is 1. The molecule has 0 fully saturated rings. The lowest BCUT2D eigenvalue weighted by Crippen LogP contribution is -2.04. The molecule has 0 saturated heterocycles. The Hall–Kier alpha value is -1.40. The maximum Gasteiger partial charge on any atom is 0.269 e. The number of allylic oxidation sites excluding steroid dienone is 1. The van der Waals surface area contributed by atoms with Crippen LogP contribution in [0.4, 0.5) is 5.69 Å². The number of non-ortho nitro benzene ring substituents is 1. The van der Waals surface area contributed by atoms with Crippen molar-refractivity contribution in [2.45, 2.75) is 4.90 Å². The molecule has 0 aliphatic heterocycles. The first kappa shape index (κ1) is 13.7. The van der Waals surface area contributed by atoms with Crippen LogP contribution in [0.25, 0.3) is 0 Å². The minimum Gasteiger partial charge on any atom is -0.258 e. The van der Waals surface area contributed by atoms with Crippen molar-refractivity contribution >= 4 is 27.1 Å². The van der Waals surface area contributed by atoms with Gasteiger partial charge in [-0.1, -0.05) is 12.2 Å². The number of nitrogens with zero attached hydrogens (tertiary/aromatic N) is 1. The van der Waals surface area contributed by atoms with E-state index in [1.54, 1.807) is 0 Å². The molecular weight excluding hydrogens is 266 g/mol. The Morgan fingerprint density at radius 1 is 1.24 bits per heavy atom. The maximum atomic E-state index is 11.7. The van der Waals surface area contributed by atoms with E-state index in [1.165, 1.54) is 24.3 Å². The summed E-state index contributed by atoms with van der Waals surface area (Å²) in [4.78, 5) is 9.88. The van der Waals surface area contributed by atoms with Gasteiger partial charge in [-0.05, 0) is 12.1 Å². The highest BCUT2D eigenvalue weighted by molar-refractivity contribution is 7.91. The summed E-state index contributed by atoms with van der Waals surface area (Å²) in [6.45, 7) is 0. The molecule has 0 saturated carbocycles. The molecular formula is C10H10ClNO4S. The third kappa shape index (κ3) is 3.83. The van der Waals surface area contributed by atoms with Crippen molar-refractivity contribution in [3.05, 3.63) is 46.5 Å². The van der Waals surface area contributed by atoms with Crippen LogP contribution in [0, 0.1) is 10.1 Å². The minimum absolute atomic E-state index is 0.0577. The van der Waals surface area contributed by atoms with Crippen LogP contribution in [0.2, 0.25) is 0 Å². The molecule has 0 aromatic heterocycles. The van der Waals surface area contributed by atoms with E-state index >= 15 is 0 Å². The summed E-state index contributed by atoms with van der Waals surface area (Å²) in [5.74, 6) is 0.0767. The van der Waals surface area contributed by atoms with E-state index < -0.39 is 14.8 Å². The van der Waals surface area contributed by atoms with Gasteiger partial charge in [0.2, 0.25) is 0 Å². The topological polar surface area (TPSA) is 77.3 Å². The molecule has 1 aromatic carbocycles. The Morgan fingerprint density at radius 2 is 1.82 bits per heavy atom. The van der Waals surface area contributed by atoms with Gasteiger partial charge in [-0.3, -0.25) is 10.1 Å². The normalized spacial score (nSPS) is 11.8. The lowest BCUT2D eigenvalue weighted by Gasteiger charge is -2.00. The first-order valence-corrected chi connectivity index (χ1v) is 6.84. The Bertz CT molecular complexity index is 522. The number of hydrogen-bond acceptors (Lipinski definition) is 4. The van der Waals surface area contributed by atoms with Crippen LogP contribution in [0.5, 0.6) is 0 Å². The number of rotatable bonds is 5. The maximum absolute atomic E-state index is 11.7. The molecule has 0 N–H and O–H groups in total. The number of hydrogen-bond donors (Lipinski definition) is 0. The van der Waals surface area contributed by atoms with Gasteiger partial charge in [-0.2, -0.15) is 0 Å². The summed E-state index contributed by atoms with van der Waals surface area (Å²) >= 11 is 5.38. The van der Waals surface area contributed by atoms with Crippen LogP contribution in [0.1, 0.15) is 0 Å². The third-order valence-corrected chi connectivity index (χ3v) is 3.78. The predicted molar refractivity (Wildman–Crippen MR) is 65.0 cm³/mol. The second kappa shape index (κ2) is 5.79. The van der Waals surface area contributed by atoms with Gasteiger partial charge >= 0.3 is 0 Å². The molecule has 5 nitrogen and oxygen atoms in total. The van der Waals surface area contributed by atoms with Gasteiger partial charge in [0, 0.05) is 18.0 Å². The lowest BCUT2D eigenvalue weighted by molar-refractivity contribution is -0.384. The van der Waals surface area contributed by atoms with Gasteiger partial charge in [-0.25, -0.2) is 8.42 Å².